The average molecular weight is 445 g/mol. The lowest BCUT2D eigenvalue weighted by Crippen LogP contribution is -2.36. The number of allylic oxidation sites excluding steroid dienone is 1. The van der Waals surface area contributed by atoms with Crippen LogP contribution in [0.2, 0.25) is 0 Å². The Bertz CT molecular complexity index is 1190. The van der Waals surface area contributed by atoms with Crippen molar-refractivity contribution in [3.05, 3.63) is 89.0 Å². The number of halogens is 1. The highest BCUT2D eigenvalue weighted by molar-refractivity contribution is 5.91. The van der Waals surface area contributed by atoms with Crippen molar-refractivity contribution in [2.24, 2.45) is 0 Å². The van der Waals surface area contributed by atoms with Crippen molar-refractivity contribution in [1.29, 1.82) is 0 Å². The van der Waals surface area contributed by atoms with E-state index in [-0.39, 0.29) is 17.5 Å². The Labute approximate surface area is 191 Å². The zero-order valence-electron chi connectivity index (χ0n) is 18.1. The number of nitrogens with one attached hydrogen (secondary N) is 1. The van der Waals surface area contributed by atoms with Gasteiger partial charge in [-0.25, -0.2) is 14.4 Å². The normalized spacial score (nSPS) is 15.2. The number of fused-ring (bicyclic) bond motifs is 1. The fraction of sp³-hybridized carbons (Fsp3) is 0.280. The van der Waals surface area contributed by atoms with Crippen molar-refractivity contribution in [3.8, 4) is 0 Å². The molecule has 0 saturated carbocycles. The molecule has 1 N–H and O–H groups in total. The molecule has 3 heterocycles. The lowest BCUT2D eigenvalue weighted by molar-refractivity contribution is 0.0943. The van der Waals surface area contributed by atoms with Crippen LogP contribution in [0.4, 0.5) is 10.1 Å². The predicted molar refractivity (Wildman–Crippen MR) is 123 cm³/mol. The Balaban J connectivity index is 1.25. The first-order chi connectivity index (χ1) is 16.2. The molecule has 1 aliphatic carbocycles. The minimum absolute atomic E-state index is 0.0892. The number of rotatable bonds is 6. The van der Waals surface area contributed by atoms with Gasteiger partial charge in [0.25, 0.3) is 5.91 Å². The van der Waals surface area contributed by atoms with Crippen LogP contribution in [0.5, 0.6) is 0 Å². The first-order valence-electron chi connectivity index (χ1n) is 11.1. The smallest absolute Gasteiger partial charge is 0.289 e. The number of hydrogen-bond acceptors (Lipinski definition) is 6. The van der Waals surface area contributed by atoms with Gasteiger partial charge in [0.1, 0.15) is 5.82 Å². The SMILES string of the molecule is O=C(NCCc1ccccc1F)c1ncc(C2=CCc3ncc(N4CCOCC4)cc32)cn1. The van der Waals surface area contributed by atoms with E-state index in [4.69, 9.17) is 4.74 Å². The lowest BCUT2D eigenvalue weighted by atomic mass is 10.0. The van der Waals surface area contributed by atoms with E-state index in [0.717, 1.165) is 60.8 Å². The van der Waals surface area contributed by atoms with Crippen LogP contribution < -0.4 is 10.2 Å². The summed E-state index contributed by atoms with van der Waals surface area (Å²) in [6.07, 6.45) is 8.53. The maximum Gasteiger partial charge on any atom is 0.289 e. The van der Waals surface area contributed by atoms with Crippen LogP contribution in [0.3, 0.4) is 0 Å². The molecule has 33 heavy (non-hydrogen) atoms. The summed E-state index contributed by atoms with van der Waals surface area (Å²) in [7, 11) is 0. The van der Waals surface area contributed by atoms with Crippen LogP contribution in [0.1, 0.15) is 33.0 Å². The molecular formula is C25H24FN5O2. The molecule has 5 rings (SSSR count). The second kappa shape index (κ2) is 9.46. The molecule has 2 aromatic heterocycles. The minimum Gasteiger partial charge on any atom is -0.378 e. The summed E-state index contributed by atoms with van der Waals surface area (Å²) in [5.74, 6) is -0.565. The van der Waals surface area contributed by atoms with Gasteiger partial charge in [0, 0.05) is 49.6 Å². The number of nitrogens with zero attached hydrogens (tertiary/aromatic N) is 4. The van der Waals surface area contributed by atoms with E-state index in [2.05, 4.69) is 37.3 Å². The molecular weight excluding hydrogens is 421 g/mol. The molecule has 1 saturated heterocycles. The Morgan fingerprint density at radius 2 is 1.88 bits per heavy atom. The molecule has 168 valence electrons. The molecule has 0 radical (unpaired) electrons. The van der Waals surface area contributed by atoms with Crippen molar-refractivity contribution < 1.29 is 13.9 Å². The topological polar surface area (TPSA) is 80.2 Å². The number of benzene rings is 1. The number of morpholine rings is 1. The molecule has 1 aromatic carbocycles. The lowest BCUT2D eigenvalue weighted by Gasteiger charge is -2.29. The van der Waals surface area contributed by atoms with E-state index in [0.29, 0.717) is 18.5 Å². The van der Waals surface area contributed by atoms with Crippen LogP contribution in [0.25, 0.3) is 5.57 Å². The van der Waals surface area contributed by atoms with Crippen LogP contribution >= 0.6 is 0 Å². The summed E-state index contributed by atoms with van der Waals surface area (Å²) in [4.78, 5) is 27.9. The third-order valence-corrected chi connectivity index (χ3v) is 5.93. The number of amides is 1. The summed E-state index contributed by atoms with van der Waals surface area (Å²) in [6, 6.07) is 8.70. The fourth-order valence-corrected chi connectivity index (χ4v) is 4.13. The van der Waals surface area contributed by atoms with E-state index in [1.165, 1.54) is 6.07 Å². The van der Waals surface area contributed by atoms with Crippen molar-refractivity contribution in [3.63, 3.8) is 0 Å². The molecule has 8 heteroatoms. The third-order valence-electron chi connectivity index (χ3n) is 5.93. The maximum atomic E-state index is 13.7. The molecule has 0 spiro atoms. The third kappa shape index (κ3) is 4.61. The monoisotopic (exact) mass is 445 g/mol. The molecule has 0 unspecified atom stereocenters. The van der Waals surface area contributed by atoms with Gasteiger partial charge in [-0.1, -0.05) is 24.3 Å². The highest BCUT2D eigenvalue weighted by Crippen LogP contribution is 2.33. The summed E-state index contributed by atoms with van der Waals surface area (Å²) in [5, 5.41) is 2.75. The zero-order chi connectivity index (χ0) is 22.6. The first kappa shape index (κ1) is 21.2. The number of pyridine rings is 1. The molecule has 1 aliphatic heterocycles. The number of carbonyl (C=O) groups is 1. The number of ether oxygens (including phenoxy) is 1. The highest BCUT2D eigenvalue weighted by Gasteiger charge is 2.21. The van der Waals surface area contributed by atoms with Gasteiger partial charge in [-0.3, -0.25) is 9.78 Å². The second-order valence-corrected chi connectivity index (χ2v) is 8.00. The maximum absolute atomic E-state index is 13.7. The minimum atomic E-state index is -0.380. The quantitative estimate of drug-likeness (QED) is 0.629. The standard InChI is InChI=1S/C25H24FN5O2/c26-22-4-2-1-3-17(22)7-8-27-25(32)24-29-14-18(15-30-24)20-5-6-23-21(20)13-19(16-28-23)31-9-11-33-12-10-31/h1-5,13-16H,6-12H2,(H,27,32). The van der Waals surface area contributed by atoms with Gasteiger partial charge < -0.3 is 15.0 Å². The summed E-state index contributed by atoms with van der Waals surface area (Å²) in [5.41, 5.74) is 5.61. The molecule has 0 bridgehead atoms. The summed E-state index contributed by atoms with van der Waals surface area (Å²) in [6.45, 7) is 3.45. The van der Waals surface area contributed by atoms with Crippen molar-refractivity contribution in [2.75, 3.05) is 37.7 Å². The van der Waals surface area contributed by atoms with Crippen LogP contribution in [-0.4, -0.2) is 53.7 Å². The van der Waals surface area contributed by atoms with E-state index in [1.54, 1.807) is 30.6 Å². The molecule has 7 nitrogen and oxygen atoms in total. The summed E-state index contributed by atoms with van der Waals surface area (Å²) >= 11 is 0. The van der Waals surface area contributed by atoms with Crippen LogP contribution in [0, 0.1) is 5.82 Å². The zero-order valence-corrected chi connectivity index (χ0v) is 18.1. The van der Waals surface area contributed by atoms with E-state index in [9.17, 15) is 9.18 Å². The molecule has 1 amide bonds. The van der Waals surface area contributed by atoms with Gasteiger partial charge in [-0.05, 0) is 29.7 Å². The molecule has 1 fully saturated rings. The van der Waals surface area contributed by atoms with Gasteiger partial charge >= 0.3 is 0 Å². The number of hydrogen-bond donors (Lipinski definition) is 1. The van der Waals surface area contributed by atoms with Gasteiger partial charge in [0.2, 0.25) is 5.82 Å². The predicted octanol–water partition coefficient (Wildman–Crippen LogP) is 2.81. The van der Waals surface area contributed by atoms with Crippen molar-refractivity contribution >= 4 is 17.2 Å². The Morgan fingerprint density at radius 3 is 2.67 bits per heavy atom. The van der Waals surface area contributed by atoms with Gasteiger partial charge in [-0.15, -0.1) is 0 Å². The van der Waals surface area contributed by atoms with Gasteiger partial charge in [0.05, 0.1) is 30.8 Å². The van der Waals surface area contributed by atoms with Crippen molar-refractivity contribution in [1.82, 2.24) is 20.3 Å². The van der Waals surface area contributed by atoms with Gasteiger partial charge in [-0.2, -0.15) is 0 Å². The first-order valence-corrected chi connectivity index (χ1v) is 11.1. The Hall–Kier alpha value is -3.65. The van der Waals surface area contributed by atoms with Crippen molar-refractivity contribution in [2.45, 2.75) is 12.8 Å². The summed E-state index contributed by atoms with van der Waals surface area (Å²) < 4.78 is 19.2. The second-order valence-electron chi connectivity index (χ2n) is 8.00. The average Bonchev–Trinajstić information content (AvgIpc) is 3.29. The van der Waals surface area contributed by atoms with Crippen LogP contribution in [-0.2, 0) is 17.6 Å². The molecule has 2 aliphatic rings. The van der Waals surface area contributed by atoms with E-state index in [1.807, 2.05) is 6.20 Å². The number of carbonyl (C=O) groups excluding carboxylic acids is 1. The number of anilines is 1. The number of aromatic nitrogens is 3. The Kier molecular flexibility index (Phi) is 6.08. The fourth-order valence-electron chi connectivity index (χ4n) is 4.13. The van der Waals surface area contributed by atoms with Crippen LogP contribution in [0.15, 0.2) is 55.0 Å². The molecule has 3 aromatic rings. The van der Waals surface area contributed by atoms with E-state index >= 15 is 0 Å². The van der Waals surface area contributed by atoms with E-state index < -0.39 is 0 Å². The largest absolute Gasteiger partial charge is 0.378 e. The Morgan fingerprint density at radius 1 is 1.09 bits per heavy atom. The van der Waals surface area contributed by atoms with Gasteiger partial charge in [0.15, 0.2) is 0 Å². The highest BCUT2D eigenvalue weighted by atomic mass is 19.1. The molecule has 0 atom stereocenters.